The molecule has 0 radical (unpaired) electrons. The van der Waals surface area contributed by atoms with Gasteiger partial charge in [0.1, 0.15) is 5.78 Å². The molecule has 1 fully saturated rings. The van der Waals surface area contributed by atoms with E-state index in [2.05, 4.69) is 20.8 Å². The van der Waals surface area contributed by atoms with Crippen molar-refractivity contribution in [3.05, 3.63) is 0 Å². The quantitative estimate of drug-likeness (QED) is 0.567. The Labute approximate surface area is 114 Å². The highest BCUT2D eigenvalue weighted by atomic mass is 16.1. The molecule has 0 spiro atoms. The number of unbranched alkanes of at least 4 members (excludes halogenated alkanes) is 1. The highest BCUT2D eigenvalue weighted by molar-refractivity contribution is 5.81. The van der Waals surface area contributed by atoms with Gasteiger partial charge in [-0.1, -0.05) is 65.7 Å². The summed E-state index contributed by atoms with van der Waals surface area (Å²) in [6, 6.07) is 0. The lowest BCUT2D eigenvalue weighted by Crippen LogP contribution is -2.24. The number of ketones is 1. The molecule has 106 valence electrons. The van der Waals surface area contributed by atoms with E-state index in [1.54, 1.807) is 0 Å². The van der Waals surface area contributed by atoms with E-state index >= 15 is 0 Å². The second kappa shape index (κ2) is 8.72. The molecule has 3 atom stereocenters. The highest BCUT2D eigenvalue weighted by Crippen LogP contribution is 2.33. The van der Waals surface area contributed by atoms with Gasteiger partial charge in [0, 0.05) is 12.3 Å². The second-order valence-corrected chi connectivity index (χ2v) is 6.22. The van der Waals surface area contributed by atoms with Crippen LogP contribution in [-0.2, 0) is 4.79 Å². The van der Waals surface area contributed by atoms with Crippen LogP contribution in [0.5, 0.6) is 0 Å². The Morgan fingerprint density at radius 2 is 2.00 bits per heavy atom. The molecule has 0 aliphatic heterocycles. The lowest BCUT2D eigenvalue weighted by molar-refractivity contribution is -0.125. The number of rotatable bonds is 8. The maximum Gasteiger partial charge on any atom is 0.136 e. The molecule has 1 saturated carbocycles. The van der Waals surface area contributed by atoms with Crippen LogP contribution < -0.4 is 0 Å². The predicted molar refractivity (Wildman–Crippen MR) is 78.7 cm³/mol. The fraction of sp³-hybridized carbons (Fsp3) is 0.941. The molecule has 0 aromatic carbocycles. The van der Waals surface area contributed by atoms with Crippen LogP contribution in [0.1, 0.15) is 85.0 Å². The van der Waals surface area contributed by atoms with Gasteiger partial charge in [0.05, 0.1) is 0 Å². The Balaban J connectivity index is 2.38. The molecule has 1 heteroatoms. The molecule has 0 aromatic heterocycles. The van der Waals surface area contributed by atoms with Crippen LogP contribution in [-0.4, -0.2) is 5.78 Å². The highest BCUT2D eigenvalue weighted by Gasteiger charge is 2.27. The molecule has 0 aromatic rings. The van der Waals surface area contributed by atoms with Gasteiger partial charge in [-0.25, -0.2) is 0 Å². The molecule has 0 saturated heterocycles. The zero-order valence-corrected chi connectivity index (χ0v) is 12.7. The Kier molecular flexibility index (Phi) is 7.62. The summed E-state index contributed by atoms with van der Waals surface area (Å²) in [5.74, 6) is 2.46. The van der Waals surface area contributed by atoms with Gasteiger partial charge in [-0.2, -0.15) is 0 Å². The Morgan fingerprint density at radius 3 is 2.61 bits per heavy atom. The third-order valence-corrected chi connectivity index (χ3v) is 4.85. The molecular formula is C17H32O. The van der Waals surface area contributed by atoms with Gasteiger partial charge in [0.25, 0.3) is 0 Å². The third-order valence-electron chi connectivity index (χ3n) is 4.85. The summed E-state index contributed by atoms with van der Waals surface area (Å²) in [5, 5.41) is 0. The van der Waals surface area contributed by atoms with Crippen LogP contribution in [0.3, 0.4) is 0 Å². The van der Waals surface area contributed by atoms with Crippen LogP contribution in [0.4, 0.5) is 0 Å². The van der Waals surface area contributed by atoms with Crippen molar-refractivity contribution in [3.63, 3.8) is 0 Å². The van der Waals surface area contributed by atoms with Crippen LogP contribution in [0.15, 0.2) is 0 Å². The summed E-state index contributed by atoms with van der Waals surface area (Å²) in [4.78, 5) is 12.4. The van der Waals surface area contributed by atoms with E-state index < -0.39 is 0 Å². The minimum atomic E-state index is 0.402. The topological polar surface area (TPSA) is 17.1 Å². The van der Waals surface area contributed by atoms with Crippen LogP contribution in [0.2, 0.25) is 0 Å². The fourth-order valence-corrected chi connectivity index (χ4v) is 3.35. The second-order valence-electron chi connectivity index (χ2n) is 6.22. The lowest BCUT2D eigenvalue weighted by Gasteiger charge is -2.28. The van der Waals surface area contributed by atoms with Gasteiger partial charge >= 0.3 is 0 Å². The van der Waals surface area contributed by atoms with E-state index in [1.807, 2.05) is 0 Å². The van der Waals surface area contributed by atoms with Gasteiger partial charge < -0.3 is 0 Å². The van der Waals surface area contributed by atoms with Crippen LogP contribution in [0, 0.1) is 17.8 Å². The molecule has 3 unspecified atom stereocenters. The Hall–Kier alpha value is -0.330. The summed E-state index contributed by atoms with van der Waals surface area (Å²) in [6.07, 6.45) is 12.1. The van der Waals surface area contributed by atoms with Crippen LogP contribution in [0.25, 0.3) is 0 Å². The lowest BCUT2D eigenvalue weighted by atomic mass is 9.76. The molecule has 0 amide bonds. The molecule has 1 aliphatic rings. The smallest absolute Gasteiger partial charge is 0.136 e. The van der Waals surface area contributed by atoms with Gasteiger partial charge in [0.2, 0.25) is 0 Å². The average molecular weight is 252 g/mol. The standard InChI is InChI=1S/C17H32O/c1-4-7-9-15(6-3)13-17(18)16-11-8-10-14(5-2)12-16/h14-16H,4-13H2,1-3H3. The predicted octanol–water partition coefficient (Wildman–Crippen LogP) is 5.38. The van der Waals surface area contributed by atoms with Crippen molar-refractivity contribution < 1.29 is 4.79 Å². The maximum atomic E-state index is 12.4. The first kappa shape index (κ1) is 15.7. The Morgan fingerprint density at radius 1 is 1.22 bits per heavy atom. The molecule has 0 N–H and O–H groups in total. The largest absolute Gasteiger partial charge is 0.299 e. The minimum absolute atomic E-state index is 0.402. The first-order valence-corrected chi connectivity index (χ1v) is 8.23. The first-order valence-electron chi connectivity index (χ1n) is 8.23. The molecule has 18 heavy (non-hydrogen) atoms. The molecule has 1 nitrogen and oxygen atoms in total. The summed E-state index contributed by atoms with van der Waals surface area (Å²) >= 11 is 0. The van der Waals surface area contributed by atoms with E-state index in [-0.39, 0.29) is 0 Å². The molecule has 0 bridgehead atoms. The number of hydrogen-bond donors (Lipinski definition) is 0. The first-order chi connectivity index (χ1) is 8.71. The van der Waals surface area contributed by atoms with E-state index in [9.17, 15) is 4.79 Å². The van der Waals surface area contributed by atoms with Crippen molar-refractivity contribution in [1.29, 1.82) is 0 Å². The normalized spacial score (nSPS) is 25.9. The van der Waals surface area contributed by atoms with Crippen LogP contribution >= 0.6 is 0 Å². The van der Waals surface area contributed by atoms with E-state index in [0.29, 0.717) is 17.6 Å². The molecule has 0 heterocycles. The van der Waals surface area contributed by atoms with Crippen molar-refractivity contribution in [1.82, 2.24) is 0 Å². The zero-order valence-electron chi connectivity index (χ0n) is 12.7. The summed E-state index contributed by atoms with van der Waals surface area (Å²) in [5.41, 5.74) is 0. The molecule has 1 aliphatic carbocycles. The summed E-state index contributed by atoms with van der Waals surface area (Å²) in [6.45, 7) is 6.75. The van der Waals surface area contributed by atoms with Crippen molar-refractivity contribution in [2.75, 3.05) is 0 Å². The fourth-order valence-electron chi connectivity index (χ4n) is 3.35. The number of carbonyl (C=O) groups is 1. The third kappa shape index (κ3) is 5.12. The van der Waals surface area contributed by atoms with Gasteiger partial charge in [-0.15, -0.1) is 0 Å². The SMILES string of the molecule is CCCCC(CC)CC(=O)C1CCCC(CC)C1. The number of hydrogen-bond acceptors (Lipinski definition) is 1. The van der Waals surface area contributed by atoms with Crippen molar-refractivity contribution in [2.24, 2.45) is 17.8 Å². The molecule has 1 rings (SSSR count). The monoisotopic (exact) mass is 252 g/mol. The van der Waals surface area contributed by atoms with Crippen molar-refractivity contribution >= 4 is 5.78 Å². The van der Waals surface area contributed by atoms with Gasteiger partial charge in [0.15, 0.2) is 0 Å². The number of carbonyl (C=O) groups excluding carboxylic acids is 1. The Bertz CT molecular complexity index is 234. The minimum Gasteiger partial charge on any atom is -0.299 e. The average Bonchev–Trinajstić information content (AvgIpc) is 2.43. The van der Waals surface area contributed by atoms with E-state index in [0.717, 1.165) is 12.3 Å². The van der Waals surface area contributed by atoms with Gasteiger partial charge in [-0.05, 0) is 24.7 Å². The summed E-state index contributed by atoms with van der Waals surface area (Å²) < 4.78 is 0. The van der Waals surface area contributed by atoms with Crippen molar-refractivity contribution in [2.45, 2.75) is 85.0 Å². The maximum absolute atomic E-state index is 12.4. The van der Waals surface area contributed by atoms with Crippen molar-refractivity contribution in [3.8, 4) is 0 Å². The number of Topliss-reactive ketones (excluding diaryl/α,β-unsaturated/α-hetero) is 1. The van der Waals surface area contributed by atoms with Gasteiger partial charge in [-0.3, -0.25) is 4.79 Å². The molecular weight excluding hydrogens is 220 g/mol. The zero-order chi connectivity index (χ0) is 13.4. The van der Waals surface area contributed by atoms with E-state index in [4.69, 9.17) is 0 Å². The summed E-state index contributed by atoms with van der Waals surface area (Å²) in [7, 11) is 0. The van der Waals surface area contributed by atoms with E-state index in [1.165, 1.54) is 57.8 Å².